The standard InChI is InChI=1S/C11H14N2O3S/c1-2-16-8-5-6-17-9(8)11(15)13-12-10(14)7-3-4-7/h5-7H,2-4H2,1H3,(H,12,14)(H,13,15). The number of hydrogen-bond donors (Lipinski definition) is 2. The van der Waals surface area contributed by atoms with Gasteiger partial charge in [-0.05, 0) is 31.2 Å². The smallest absolute Gasteiger partial charge is 0.283 e. The number of nitrogens with one attached hydrogen (secondary N) is 2. The van der Waals surface area contributed by atoms with Crippen molar-refractivity contribution in [2.45, 2.75) is 19.8 Å². The average Bonchev–Trinajstić information content (AvgIpc) is 3.07. The van der Waals surface area contributed by atoms with E-state index in [4.69, 9.17) is 4.74 Å². The normalized spacial score (nSPS) is 14.2. The molecule has 1 aliphatic rings. The van der Waals surface area contributed by atoms with E-state index >= 15 is 0 Å². The lowest BCUT2D eigenvalue weighted by molar-refractivity contribution is -0.123. The lowest BCUT2D eigenvalue weighted by Gasteiger charge is -2.07. The summed E-state index contributed by atoms with van der Waals surface area (Å²) in [4.78, 5) is 23.6. The van der Waals surface area contributed by atoms with Crippen LogP contribution < -0.4 is 15.6 Å². The summed E-state index contributed by atoms with van der Waals surface area (Å²) in [6.45, 7) is 2.36. The van der Waals surface area contributed by atoms with Gasteiger partial charge in [-0.1, -0.05) is 0 Å². The van der Waals surface area contributed by atoms with Crippen LogP contribution in [0, 0.1) is 5.92 Å². The molecule has 0 aromatic carbocycles. The number of ether oxygens (including phenoxy) is 1. The molecule has 6 heteroatoms. The maximum Gasteiger partial charge on any atom is 0.283 e. The van der Waals surface area contributed by atoms with Crippen LogP contribution in [0.4, 0.5) is 0 Å². The van der Waals surface area contributed by atoms with E-state index in [0.717, 1.165) is 12.8 Å². The number of carbonyl (C=O) groups excluding carboxylic acids is 2. The van der Waals surface area contributed by atoms with E-state index in [1.807, 2.05) is 6.92 Å². The molecular formula is C11H14N2O3S. The highest BCUT2D eigenvalue weighted by molar-refractivity contribution is 7.12. The van der Waals surface area contributed by atoms with Crippen LogP contribution >= 0.6 is 11.3 Å². The monoisotopic (exact) mass is 254 g/mol. The predicted octanol–water partition coefficient (Wildman–Crippen LogP) is 1.32. The van der Waals surface area contributed by atoms with Crippen molar-refractivity contribution in [3.05, 3.63) is 16.3 Å². The van der Waals surface area contributed by atoms with E-state index < -0.39 is 0 Å². The lowest BCUT2D eigenvalue weighted by atomic mass is 10.4. The van der Waals surface area contributed by atoms with Crippen molar-refractivity contribution >= 4 is 23.2 Å². The van der Waals surface area contributed by atoms with Gasteiger partial charge in [-0.3, -0.25) is 20.4 Å². The summed E-state index contributed by atoms with van der Waals surface area (Å²) in [7, 11) is 0. The molecule has 1 heterocycles. The molecule has 1 saturated carbocycles. The van der Waals surface area contributed by atoms with E-state index in [-0.39, 0.29) is 17.7 Å². The Balaban J connectivity index is 1.89. The minimum absolute atomic E-state index is 0.0741. The number of amides is 2. The van der Waals surface area contributed by atoms with E-state index in [0.29, 0.717) is 17.2 Å². The Morgan fingerprint density at radius 3 is 2.88 bits per heavy atom. The fourth-order valence-corrected chi connectivity index (χ4v) is 2.08. The molecule has 0 atom stereocenters. The zero-order chi connectivity index (χ0) is 12.3. The summed E-state index contributed by atoms with van der Waals surface area (Å²) in [6.07, 6.45) is 1.82. The molecule has 1 aromatic rings. The first-order valence-electron chi connectivity index (χ1n) is 5.53. The van der Waals surface area contributed by atoms with Crippen molar-refractivity contribution in [3.8, 4) is 5.75 Å². The molecule has 0 unspecified atom stereocenters. The first-order valence-corrected chi connectivity index (χ1v) is 6.40. The first-order chi connectivity index (χ1) is 8.22. The Morgan fingerprint density at radius 2 is 2.24 bits per heavy atom. The van der Waals surface area contributed by atoms with Crippen LogP contribution in [0.2, 0.25) is 0 Å². The molecule has 0 bridgehead atoms. The number of thiophene rings is 1. The number of rotatable bonds is 4. The number of hydrogen-bond acceptors (Lipinski definition) is 4. The van der Waals surface area contributed by atoms with E-state index in [9.17, 15) is 9.59 Å². The summed E-state index contributed by atoms with van der Waals surface area (Å²) < 4.78 is 5.30. The Hall–Kier alpha value is -1.56. The Labute approximate surface area is 103 Å². The minimum Gasteiger partial charge on any atom is -0.492 e. The van der Waals surface area contributed by atoms with Gasteiger partial charge in [0.05, 0.1) is 6.61 Å². The Bertz CT molecular complexity index is 426. The zero-order valence-electron chi connectivity index (χ0n) is 9.49. The van der Waals surface area contributed by atoms with Crippen LogP contribution in [-0.4, -0.2) is 18.4 Å². The maximum absolute atomic E-state index is 11.8. The van der Waals surface area contributed by atoms with Gasteiger partial charge in [0.15, 0.2) is 0 Å². The fourth-order valence-electron chi connectivity index (χ4n) is 1.35. The van der Waals surface area contributed by atoms with Crippen molar-refractivity contribution in [1.29, 1.82) is 0 Å². The van der Waals surface area contributed by atoms with E-state index in [2.05, 4.69) is 10.9 Å². The largest absolute Gasteiger partial charge is 0.492 e. The van der Waals surface area contributed by atoms with Crippen molar-refractivity contribution in [2.24, 2.45) is 5.92 Å². The molecule has 0 radical (unpaired) electrons. The van der Waals surface area contributed by atoms with E-state index in [1.165, 1.54) is 11.3 Å². The molecule has 0 aliphatic heterocycles. The van der Waals surface area contributed by atoms with Gasteiger partial charge in [0.2, 0.25) is 5.91 Å². The maximum atomic E-state index is 11.8. The molecule has 2 rings (SSSR count). The molecule has 2 amide bonds. The summed E-state index contributed by atoms with van der Waals surface area (Å²) in [5.41, 5.74) is 4.81. The molecule has 5 nitrogen and oxygen atoms in total. The summed E-state index contributed by atoms with van der Waals surface area (Å²) >= 11 is 1.28. The molecule has 0 saturated heterocycles. The molecular weight excluding hydrogens is 240 g/mol. The van der Waals surface area contributed by atoms with Crippen molar-refractivity contribution in [1.82, 2.24) is 10.9 Å². The predicted molar refractivity (Wildman–Crippen MR) is 63.8 cm³/mol. The van der Waals surface area contributed by atoms with Gasteiger partial charge < -0.3 is 4.74 Å². The third-order valence-electron chi connectivity index (χ3n) is 2.38. The quantitative estimate of drug-likeness (QED) is 0.796. The zero-order valence-corrected chi connectivity index (χ0v) is 10.3. The molecule has 92 valence electrons. The van der Waals surface area contributed by atoms with Crippen LogP contribution in [0.3, 0.4) is 0 Å². The van der Waals surface area contributed by atoms with Crippen molar-refractivity contribution < 1.29 is 14.3 Å². The van der Waals surface area contributed by atoms with Crippen LogP contribution in [-0.2, 0) is 4.79 Å². The van der Waals surface area contributed by atoms with Crippen molar-refractivity contribution in [2.75, 3.05) is 6.61 Å². The average molecular weight is 254 g/mol. The molecule has 1 aliphatic carbocycles. The van der Waals surface area contributed by atoms with Crippen LogP contribution in [0.15, 0.2) is 11.4 Å². The third kappa shape index (κ3) is 2.97. The van der Waals surface area contributed by atoms with Crippen LogP contribution in [0.25, 0.3) is 0 Å². The minimum atomic E-state index is -0.336. The molecule has 2 N–H and O–H groups in total. The van der Waals surface area contributed by atoms with Gasteiger partial charge >= 0.3 is 0 Å². The molecule has 1 aromatic heterocycles. The second kappa shape index (κ2) is 5.18. The summed E-state index contributed by atoms with van der Waals surface area (Å²) in [6, 6.07) is 1.74. The van der Waals surface area contributed by atoms with Gasteiger partial charge in [-0.15, -0.1) is 11.3 Å². The van der Waals surface area contributed by atoms with Gasteiger partial charge in [0.1, 0.15) is 10.6 Å². The van der Waals surface area contributed by atoms with Gasteiger partial charge in [-0.2, -0.15) is 0 Å². The topological polar surface area (TPSA) is 67.4 Å². The number of carbonyl (C=O) groups is 2. The van der Waals surface area contributed by atoms with Crippen LogP contribution in [0.1, 0.15) is 29.4 Å². The lowest BCUT2D eigenvalue weighted by Crippen LogP contribution is -2.42. The second-order valence-electron chi connectivity index (χ2n) is 3.76. The highest BCUT2D eigenvalue weighted by Crippen LogP contribution is 2.28. The van der Waals surface area contributed by atoms with E-state index in [1.54, 1.807) is 11.4 Å². The summed E-state index contributed by atoms with van der Waals surface area (Å²) in [5, 5.41) is 1.78. The molecule has 0 spiro atoms. The van der Waals surface area contributed by atoms with Gasteiger partial charge in [0, 0.05) is 5.92 Å². The Morgan fingerprint density at radius 1 is 1.47 bits per heavy atom. The second-order valence-corrected chi connectivity index (χ2v) is 4.68. The first kappa shape index (κ1) is 11.9. The molecule has 1 fully saturated rings. The van der Waals surface area contributed by atoms with Crippen molar-refractivity contribution in [3.63, 3.8) is 0 Å². The third-order valence-corrected chi connectivity index (χ3v) is 3.28. The fraction of sp³-hybridized carbons (Fsp3) is 0.455. The summed E-state index contributed by atoms with van der Waals surface area (Å²) in [5.74, 6) is 0.172. The highest BCUT2D eigenvalue weighted by Gasteiger charge is 2.30. The van der Waals surface area contributed by atoms with Crippen LogP contribution in [0.5, 0.6) is 5.75 Å². The molecule has 17 heavy (non-hydrogen) atoms. The SMILES string of the molecule is CCOc1ccsc1C(=O)NNC(=O)C1CC1. The van der Waals surface area contributed by atoms with Gasteiger partial charge in [-0.25, -0.2) is 0 Å². The number of hydrazine groups is 1. The highest BCUT2D eigenvalue weighted by atomic mass is 32.1. The van der Waals surface area contributed by atoms with Gasteiger partial charge in [0.25, 0.3) is 5.91 Å². The Kier molecular flexibility index (Phi) is 3.63.